The molecule has 0 bridgehead atoms. The summed E-state index contributed by atoms with van der Waals surface area (Å²) >= 11 is 1.70. The summed E-state index contributed by atoms with van der Waals surface area (Å²) in [6, 6.07) is 8.38. The highest BCUT2D eigenvalue weighted by Gasteiger charge is 2.05. The number of nitrogens with one attached hydrogen (secondary N) is 1. The number of rotatable bonds is 5. The Labute approximate surface area is 112 Å². The van der Waals surface area contributed by atoms with E-state index in [2.05, 4.69) is 58.8 Å². The molecule has 0 saturated carbocycles. The minimum atomic E-state index is 0.785. The minimum absolute atomic E-state index is 0.785. The van der Waals surface area contributed by atoms with Gasteiger partial charge in [-0.25, -0.2) is 4.98 Å². The van der Waals surface area contributed by atoms with Gasteiger partial charge < -0.3 is 10.2 Å². The van der Waals surface area contributed by atoms with Crippen molar-refractivity contribution in [3.05, 3.63) is 40.3 Å². The average Bonchev–Trinajstić information content (AvgIpc) is 2.81. The molecule has 0 amide bonds. The van der Waals surface area contributed by atoms with Crippen LogP contribution in [0.2, 0.25) is 0 Å². The van der Waals surface area contributed by atoms with Crippen LogP contribution in [0.1, 0.15) is 17.6 Å². The van der Waals surface area contributed by atoms with Crippen LogP contribution in [0.5, 0.6) is 0 Å². The van der Waals surface area contributed by atoms with Crippen LogP contribution in [0.4, 0.5) is 11.4 Å². The van der Waals surface area contributed by atoms with Gasteiger partial charge in [0.05, 0.1) is 17.9 Å². The summed E-state index contributed by atoms with van der Waals surface area (Å²) in [5, 5.41) is 6.68. The average molecular weight is 261 g/mol. The lowest BCUT2D eigenvalue weighted by Crippen LogP contribution is -2.17. The van der Waals surface area contributed by atoms with Gasteiger partial charge in [0, 0.05) is 24.7 Å². The molecule has 2 aromatic rings. The van der Waals surface area contributed by atoms with Crippen molar-refractivity contribution in [2.45, 2.75) is 20.4 Å². The van der Waals surface area contributed by atoms with Gasteiger partial charge in [-0.15, -0.1) is 11.3 Å². The number of hydrogen-bond donors (Lipinski definition) is 1. The van der Waals surface area contributed by atoms with Crippen molar-refractivity contribution in [1.29, 1.82) is 0 Å². The first-order chi connectivity index (χ1) is 8.70. The van der Waals surface area contributed by atoms with Crippen molar-refractivity contribution in [2.75, 3.05) is 23.8 Å². The summed E-state index contributed by atoms with van der Waals surface area (Å²) in [5.74, 6) is 0. The normalized spacial score (nSPS) is 10.4. The lowest BCUT2D eigenvalue weighted by molar-refractivity contribution is 0.964. The van der Waals surface area contributed by atoms with Crippen LogP contribution in [0, 0.1) is 6.92 Å². The molecule has 0 atom stereocenters. The zero-order chi connectivity index (χ0) is 13.0. The van der Waals surface area contributed by atoms with E-state index in [0.29, 0.717) is 0 Å². The minimum Gasteiger partial charge on any atom is -0.377 e. The molecule has 1 aromatic carbocycles. The van der Waals surface area contributed by atoms with Crippen molar-refractivity contribution in [3.8, 4) is 0 Å². The molecule has 0 radical (unpaired) electrons. The number of nitrogens with zero attached hydrogens (tertiary/aromatic N) is 2. The van der Waals surface area contributed by atoms with Crippen LogP contribution in [0.25, 0.3) is 0 Å². The fraction of sp³-hybridized carbons (Fsp3) is 0.357. The molecular formula is C14H19N3S. The molecule has 0 unspecified atom stereocenters. The van der Waals surface area contributed by atoms with E-state index in [9.17, 15) is 0 Å². The molecule has 0 fully saturated rings. The third-order valence-corrected chi connectivity index (χ3v) is 3.85. The van der Waals surface area contributed by atoms with Gasteiger partial charge >= 0.3 is 0 Å². The summed E-state index contributed by atoms with van der Waals surface area (Å²) < 4.78 is 0. The van der Waals surface area contributed by atoms with Crippen LogP contribution in [0.15, 0.2) is 29.6 Å². The maximum Gasteiger partial charge on any atom is 0.112 e. The molecular weight excluding hydrogens is 242 g/mol. The molecule has 1 aromatic heterocycles. The van der Waals surface area contributed by atoms with Crippen LogP contribution in [0.3, 0.4) is 0 Å². The molecule has 0 aliphatic heterocycles. The Morgan fingerprint density at radius 1 is 1.33 bits per heavy atom. The first kappa shape index (κ1) is 12.9. The van der Waals surface area contributed by atoms with E-state index >= 15 is 0 Å². The Morgan fingerprint density at radius 2 is 2.11 bits per heavy atom. The summed E-state index contributed by atoms with van der Waals surface area (Å²) in [6.45, 7) is 5.96. The number of para-hydroxylation sites is 2. The van der Waals surface area contributed by atoms with E-state index in [4.69, 9.17) is 0 Å². The number of hydrogen-bond acceptors (Lipinski definition) is 4. The van der Waals surface area contributed by atoms with E-state index in [-0.39, 0.29) is 0 Å². The molecule has 96 valence electrons. The van der Waals surface area contributed by atoms with Crippen molar-refractivity contribution in [1.82, 2.24) is 4.98 Å². The Bertz CT molecular complexity index is 507. The monoisotopic (exact) mass is 261 g/mol. The second kappa shape index (κ2) is 5.87. The first-order valence-corrected chi connectivity index (χ1v) is 7.03. The third kappa shape index (κ3) is 3.01. The van der Waals surface area contributed by atoms with E-state index < -0.39 is 0 Å². The summed E-state index contributed by atoms with van der Waals surface area (Å²) in [4.78, 5) is 6.69. The molecule has 4 heteroatoms. The molecule has 0 spiro atoms. The number of aryl methyl sites for hydroxylation is 1. The molecule has 0 aliphatic rings. The van der Waals surface area contributed by atoms with Crippen LogP contribution in [-0.2, 0) is 6.54 Å². The lowest BCUT2D eigenvalue weighted by Gasteiger charge is -2.21. The fourth-order valence-corrected chi connectivity index (χ4v) is 2.49. The van der Waals surface area contributed by atoms with Crippen molar-refractivity contribution >= 4 is 22.7 Å². The van der Waals surface area contributed by atoms with Crippen molar-refractivity contribution in [2.24, 2.45) is 0 Å². The van der Waals surface area contributed by atoms with Gasteiger partial charge in [0.1, 0.15) is 5.01 Å². The molecule has 0 aliphatic carbocycles. The largest absolute Gasteiger partial charge is 0.377 e. The quantitative estimate of drug-likeness (QED) is 0.892. The smallest absolute Gasteiger partial charge is 0.112 e. The van der Waals surface area contributed by atoms with Gasteiger partial charge in [0.25, 0.3) is 0 Å². The second-order valence-corrected chi connectivity index (χ2v) is 5.21. The topological polar surface area (TPSA) is 28.2 Å². The molecule has 1 heterocycles. The standard InChI is InChI=1S/C14H19N3S/c1-4-17(3)13-8-6-5-7-12(13)15-9-14-16-11(2)10-18-14/h5-8,10,15H,4,9H2,1-3H3. The molecule has 2 rings (SSSR count). The van der Waals surface area contributed by atoms with Crippen LogP contribution < -0.4 is 10.2 Å². The van der Waals surface area contributed by atoms with Crippen LogP contribution in [-0.4, -0.2) is 18.6 Å². The molecule has 0 saturated heterocycles. The number of thiazole rings is 1. The zero-order valence-electron chi connectivity index (χ0n) is 11.1. The van der Waals surface area contributed by atoms with Gasteiger partial charge in [-0.2, -0.15) is 0 Å². The third-order valence-electron chi connectivity index (χ3n) is 2.89. The Hall–Kier alpha value is -1.55. The van der Waals surface area contributed by atoms with E-state index in [1.54, 1.807) is 11.3 Å². The maximum atomic E-state index is 4.46. The summed E-state index contributed by atoms with van der Waals surface area (Å²) in [7, 11) is 2.11. The Balaban J connectivity index is 2.09. The lowest BCUT2D eigenvalue weighted by atomic mass is 10.2. The SMILES string of the molecule is CCN(C)c1ccccc1NCc1nc(C)cs1. The predicted octanol–water partition coefficient (Wildman–Crippen LogP) is 3.52. The van der Waals surface area contributed by atoms with E-state index in [1.165, 1.54) is 5.69 Å². The highest BCUT2D eigenvalue weighted by Crippen LogP contribution is 2.25. The summed E-state index contributed by atoms with van der Waals surface area (Å²) in [6.07, 6.45) is 0. The fourth-order valence-electron chi connectivity index (χ4n) is 1.78. The number of anilines is 2. The summed E-state index contributed by atoms with van der Waals surface area (Å²) in [5.41, 5.74) is 3.48. The van der Waals surface area contributed by atoms with Crippen molar-refractivity contribution < 1.29 is 0 Å². The Kier molecular flexibility index (Phi) is 4.20. The first-order valence-electron chi connectivity index (χ1n) is 6.15. The second-order valence-electron chi connectivity index (χ2n) is 4.27. The zero-order valence-corrected chi connectivity index (χ0v) is 11.9. The molecule has 18 heavy (non-hydrogen) atoms. The number of benzene rings is 1. The van der Waals surface area contributed by atoms with E-state index in [0.717, 1.165) is 29.5 Å². The number of aromatic nitrogens is 1. The van der Waals surface area contributed by atoms with Gasteiger partial charge in [-0.05, 0) is 26.0 Å². The van der Waals surface area contributed by atoms with Gasteiger partial charge in [0.15, 0.2) is 0 Å². The maximum absolute atomic E-state index is 4.46. The van der Waals surface area contributed by atoms with Crippen LogP contribution >= 0.6 is 11.3 Å². The highest BCUT2D eigenvalue weighted by atomic mass is 32.1. The van der Waals surface area contributed by atoms with Gasteiger partial charge in [-0.3, -0.25) is 0 Å². The predicted molar refractivity (Wildman–Crippen MR) is 79.6 cm³/mol. The van der Waals surface area contributed by atoms with Crippen molar-refractivity contribution in [3.63, 3.8) is 0 Å². The molecule has 3 nitrogen and oxygen atoms in total. The van der Waals surface area contributed by atoms with Gasteiger partial charge in [0.2, 0.25) is 0 Å². The molecule has 1 N–H and O–H groups in total. The van der Waals surface area contributed by atoms with E-state index in [1.807, 2.05) is 6.92 Å². The highest BCUT2D eigenvalue weighted by molar-refractivity contribution is 7.09. The Morgan fingerprint density at radius 3 is 2.78 bits per heavy atom. The van der Waals surface area contributed by atoms with Gasteiger partial charge in [-0.1, -0.05) is 12.1 Å².